The van der Waals surface area contributed by atoms with Gasteiger partial charge in [0.05, 0.1) is 23.2 Å². The van der Waals surface area contributed by atoms with Crippen LogP contribution in [-0.4, -0.2) is 52.5 Å². The summed E-state index contributed by atoms with van der Waals surface area (Å²) in [4.78, 5) is 18.1. The maximum absolute atomic E-state index is 13.5. The maximum atomic E-state index is 13.5. The van der Waals surface area contributed by atoms with Crippen LogP contribution in [0.3, 0.4) is 0 Å². The quantitative estimate of drug-likeness (QED) is 0.879. The van der Waals surface area contributed by atoms with Gasteiger partial charge in [-0.15, -0.1) is 0 Å². The van der Waals surface area contributed by atoms with E-state index in [0.717, 1.165) is 31.5 Å². The van der Waals surface area contributed by atoms with E-state index in [2.05, 4.69) is 17.0 Å². The number of piperidine rings is 3. The van der Waals surface area contributed by atoms with E-state index in [1.54, 1.807) is 24.3 Å². The Hall–Kier alpha value is -2.84. The van der Waals surface area contributed by atoms with Gasteiger partial charge in [-0.05, 0) is 61.7 Å². The molecule has 0 radical (unpaired) electrons. The Morgan fingerprint density at radius 2 is 1.86 bits per heavy atom. The molecule has 2 aromatic carbocycles. The zero-order chi connectivity index (χ0) is 19.3. The first-order valence-electron chi connectivity index (χ1n) is 10.0. The van der Waals surface area contributed by atoms with Crippen molar-refractivity contribution in [3.8, 4) is 11.8 Å². The van der Waals surface area contributed by atoms with Gasteiger partial charge in [-0.25, -0.2) is 0 Å². The highest BCUT2D eigenvalue weighted by molar-refractivity contribution is 5.97. The fourth-order valence-corrected chi connectivity index (χ4v) is 5.63. The lowest BCUT2D eigenvalue weighted by Gasteiger charge is -2.51. The second kappa shape index (κ2) is 6.65. The summed E-state index contributed by atoms with van der Waals surface area (Å²) < 4.78 is 0. The Morgan fingerprint density at radius 3 is 2.61 bits per heavy atom. The lowest BCUT2D eigenvalue weighted by molar-refractivity contribution is -0.00342. The number of phenolic OH excluding ortho intramolecular Hbond substituents is 1. The van der Waals surface area contributed by atoms with Crippen molar-refractivity contribution in [3.05, 3.63) is 65.2 Å². The Labute approximate surface area is 164 Å². The number of fused-ring (bicyclic) bond motifs is 2. The molecule has 142 valence electrons. The van der Waals surface area contributed by atoms with Crippen LogP contribution in [0.15, 0.2) is 48.5 Å². The summed E-state index contributed by atoms with van der Waals surface area (Å²) in [6, 6.07) is 17.2. The topological polar surface area (TPSA) is 67.6 Å². The minimum atomic E-state index is -0.0384. The maximum Gasteiger partial charge on any atom is 0.255 e. The molecule has 4 heterocycles. The second-order valence-electron chi connectivity index (χ2n) is 8.17. The number of hydrogen-bond donors (Lipinski definition) is 1. The molecule has 0 aliphatic carbocycles. The number of hydrogen-bond acceptors (Lipinski definition) is 4. The van der Waals surface area contributed by atoms with Crippen LogP contribution >= 0.6 is 0 Å². The highest BCUT2D eigenvalue weighted by Crippen LogP contribution is 2.47. The van der Waals surface area contributed by atoms with Crippen molar-refractivity contribution in [1.29, 1.82) is 5.26 Å². The molecule has 4 aliphatic heterocycles. The van der Waals surface area contributed by atoms with E-state index < -0.39 is 0 Å². The summed E-state index contributed by atoms with van der Waals surface area (Å²) >= 11 is 0. The largest absolute Gasteiger partial charge is 0.508 e. The smallest absolute Gasteiger partial charge is 0.255 e. The molecule has 2 aromatic rings. The van der Waals surface area contributed by atoms with E-state index in [4.69, 9.17) is 0 Å². The Kier molecular flexibility index (Phi) is 4.10. The van der Waals surface area contributed by atoms with Gasteiger partial charge in [0.1, 0.15) is 5.75 Å². The van der Waals surface area contributed by atoms with E-state index in [1.807, 2.05) is 23.1 Å². The van der Waals surface area contributed by atoms with Crippen LogP contribution in [0, 0.1) is 17.2 Å². The molecule has 0 aromatic heterocycles. The normalized spacial score (nSPS) is 30.7. The number of amides is 1. The molecular formula is C23H23N3O2. The summed E-state index contributed by atoms with van der Waals surface area (Å²) in [7, 11) is 0. The van der Waals surface area contributed by atoms with Crippen molar-refractivity contribution < 1.29 is 9.90 Å². The number of carbonyl (C=O) groups excluding carboxylic acids is 1. The summed E-state index contributed by atoms with van der Waals surface area (Å²) in [6.45, 7) is 2.79. The zero-order valence-corrected chi connectivity index (χ0v) is 15.7. The molecule has 1 amide bonds. The van der Waals surface area contributed by atoms with E-state index in [-0.39, 0.29) is 29.7 Å². The molecular weight excluding hydrogens is 350 g/mol. The van der Waals surface area contributed by atoms with E-state index in [0.29, 0.717) is 23.6 Å². The number of likely N-dealkylation sites (tertiary alicyclic amines) is 1. The first-order chi connectivity index (χ1) is 13.7. The SMILES string of the molecule is N#Cc1ccccc1C(=O)N1C[C@H](c2cccc(O)c2)[C@H]2[C@@H]1C1CCN2CC1. The molecule has 4 aliphatic rings. The molecule has 28 heavy (non-hydrogen) atoms. The van der Waals surface area contributed by atoms with Crippen LogP contribution in [0.2, 0.25) is 0 Å². The molecule has 0 unspecified atom stereocenters. The third-order valence-electron chi connectivity index (χ3n) is 6.83. The van der Waals surface area contributed by atoms with Crippen LogP contribution in [0.1, 0.15) is 40.2 Å². The van der Waals surface area contributed by atoms with Gasteiger partial charge in [-0.3, -0.25) is 9.69 Å². The first kappa shape index (κ1) is 17.3. The summed E-state index contributed by atoms with van der Waals surface area (Å²) in [6.07, 6.45) is 2.25. The van der Waals surface area contributed by atoms with Crippen LogP contribution in [0.5, 0.6) is 5.75 Å². The van der Waals surface area contributed by atoms with Gasteiger partial charge >= 0.3 is 0 Å². The van der Waals surface area contributed by atoms with Gasteiger partial charge in [-0.1, -0.05) is 24.3 Å². The molecule has 3 atom stereocenters. The summed E-state index contributed by atoms with van der Waals surface area (Å²) in [5.74, 6) is 0.919. The van der Waals surface area contributed by atoms with Crippen molar-refractivity contribution in [1.82, 2.24) is 9.80 Å². The number of nitriles is 1. The number of phenols is 1. The van der Waals surface area contributed by atoms with Gasteiger partial charge in [0, 0.05) is 18.5 Å². The third-order valence-corrected chi connectivity index (χ3v) is 6.83. The molecule has 0 spiro atoms. The first-order valence-corrected chi connectivity index (χ1v) is 10.0. The monoisotopic (exact) mass is 373 g/mol. The van der Waals surface area contributed by atoms with E-state index >= 15 is 0 Å². The van der Waals surface area contributed by atoms with Gasteiger partial charge < -0.3 is 10.0 Å². The van der Waals surface area contributed by atoms with Gasteiger partial charge in [0.15, 0.2) is 0 Å². The molecule has 0 saturated carbocycles. The van der Waals surface area contributed by atoms with Gasteiger partial charge in [0.2, 0.25) is 0 Å². The highest BCUT2D eigenvalue weighted by atomic mass is 16.3. The lowest BCUT2D eigenvalue weighted by atomic mass is 9.75. The van der Waals surface area contributed by atoms with Crippen LogP contribution in [0.25, 0.3) is 0 Å². The fraction of sp³-hybridized carbons (Fsp3) is 0.391. The van der Waals surface area contributed by atoms with Crippen molar-refractivity contribution in [2.75, 3.05) is 19.6 Å². The average Bonchev–Trinajstić information content (AvgIpc) is 3.17. The molecule has 2 bridgehead atoms. The Bertz CT molecular complexity index is 958. The number of nitrogens with zero attached hydrogens (tertiary/aromatic N) is 3. The molecule has 5 nitrogen and oxygen atoms in total. The zero-order valence-electron chi connectivity index (χ0n) is 15.7. The Morgan fingerprint density at radius 1 is 1.07 bits per heavy atom. The Balaban J connectivity index is 1.55. The van der Waals surface area contributed by atoms with E-state index in [9.17, 15) is 15.2 Å². The third kappa shape index (κ3) is 2.60. The van der Waals surface area contributed by atoms with Gasteiger partial charge in [-0.2, -0.15) is 5.26 Å². The number of benzene rings is 2. The average molecular weight is 373 g/mol. The minimum Gasteiger partial charge on any atom is -0.508 e. The molecule has 6 rings (SSSR count). The molecule has 5 heteroatoms. The summed E-state index contributed by atoms with van der Waals surface area (Å²) in [5, 5.41) is 19.4. The van der Waals surface area contributed by atoms with Crippen molar-refractivity contribution in [3.63, 3.8) is 0 Å². The van der Waals surface area contributed by atoms with Gasteiger partial charge in [0.25, 0.3) is 5.91 Å². The number of carbonyl (C=O) groups is 1. The fourth-order valence-electron chi connectivity index (χ4n) is 5.63. The van der Waals surface area contributed by atoms with Crippen LogP contribution in [-0.2, 0) is 0 Å². The highest BCUT2D eigenvalue weighted by Gasteiger charge is 2.54. The lowest BCUT2D eigenvalue weighted by Crippen LogP contribution is -2.60. The summed E-state index contributed by atoms with van der Waals surface area (Å²) in [5.41, 5.74) is 2.02. The molecule has 4 saturated heterocycles. The van der Waals surface area contributed by atoms with E-state index in [1.165, 1.54) is 0 Å². The predicted molar refractivity (Wildman–Crippen MR) is 105 cm³/mol. The standard InChI is InChI=1S/C23H23N3O2/c24-13-17-4-1-2-7-19(17)23(28)26-14-20(16-5-3-6-18(27)12-16)22-21(26)15-8-10-25(22)11-9-15/h1-7,12,15,20-22,27H,8-11,14H2/t20-,21+,22+/m1/s1. The molecule has 4 fully saturated rings. The van der Waals surface area contributed by atoms with Crippen LogP contribution in [0.4, 0.5) is 0 Å². The number of aromatic hydroxyl groups is 1. The second-order valence-corrected chi connectivity index (χ2v) is 8.17. The van der Waals surface area contributed by atoms with Crippen molar-refractivity contribution in [2.24, 2.45) is 5.92 Å². The number of rotatable bonds is 2. The predicted octanol–water partition coefficient (Wildman–Crippen LogP) is 2.97. The van der Waals surface area contributed by atoms with Crippen molar-refractivity contribution in [2.45, 2.75) is 30.8 Å². The molecule has 1 N–H and O–H groups in total. The minimum absolute atomic E-state index is 0.0384. The van der Waals surface area contributed by atoms with Crippen molar-refractivity contribution >= 4 is 5.91 Å². The van der Waals surface area contributed by atoms with Crippen LogP contribution < -0.4 is 0 Å².